The number of thiophene rings is 1. The Labute approximate surface area is 196 Å². The second kappa shape index (κ2) is 12.1. The number of nitrogens with two attached hydrogens (primary N) is 1. The molecule has 10 heteroatoms. The van der Waals surface area contributed by atoms with Crippen LogP contribution in [-0.2, 0) is 30.5 Å². The lowest BCUT2D eigenvalue weighted by atomic mass is 9.88. The van der Waals surface area contributed by atoms with Crippen molar-refractivity contribution in [3.8, 4) is 0 Å². The molecule has 9 nitrogen and oxygen atoms in total. The highest BCUT2D eigenvalue weighted by Gasteiger charge is 2.53. The van der Waals surface area contributed by atoms with Crippen molar-refractivity contribution in [3.05, 3.63) is 53.4 Å². The minimum Gasteiger partial charge on any atom is -0.481 e. The first-order valence-electron chi connectivity index (χ1n) is 10.4. The van der Waals surface area contributed by atoms with Crippen molar-refractivity contribution >= 4 is 40.2 Å². The number of nitrogens with zero attached hydrogens (tertiary/aromatic N) is 1. The van der Waals surface area contributed by atoms with Gasteiger partial charge in [-0.2, -0.15) is 0 Å². The monoisotopic (exact) mass is 476 g/mol. The lowest BCUT2D eigenvalue weighted by molar-refractivity contribution is -0.154. The minimum atomic E-state index is -2.23. The number of rotatable bonds is 12. The van der Waals surface area contributed by atoms with E-state index in [2.05, 4.69) is 0 Å². The first-order chi connectivity index (χ1) is 15.7. The molecule has 3 N–H and O–H groups in total. The van der Waals surface area contributed by atoms with Gasteiger partial charge in [-0.15, -0.1) is 11.3 Å². The molecule has 0 unspecified atom stereocenters. The van der Waals surface area contributed by atoms with E-state index in [9.17, 15) is 19.2 Å². The number of hydrogen-bond acceptors (Lipinski definition) is 8. The molecule has 0 saturated heterocycles. The molecule has 2 atom stereocenters. The number of carbonyl (C=O) groups excluding carboxylic acids is 3. The number of amides is 1. The van der Waals surface area contributed by atoms with Crippen LogP contribution in [0.1, 0.15) is 38.7 Å². The Kier molecular flexibility index (Phi) is 9.56. The summed E-state index contributed by atoms with van der Waals surface area (Å²) in [6.45, 7) is 3.04. The molecule has 0 aliphatic rings. The van der Waals surface area contributed by atoms with Gasteiger partial charge in [-0.05, 0) is 36.4 Å². The summed E-state index contributed by atoms with van der Waals surface area (Å²) in [6.07, 6.45) is -0.389. The number of Topliss-reactive ketones (excluding diaryl/α,β-unsaturated/α-hetero) is 1. The van der Waals surface area contributed by atoms with Crippen molar-refractivity contribution < 1.29 is 33.8 Å². The van der Waals surface area contributed by atoms with Crippen LogP contribution in [0, 0.1) is 0 Å². The number of ether oxygens (including phenoxy) is 2. The Balaban J connectivity index is 2.45. The van der Waals surface area contributed by atoms with E-state index < -0.39 is 41.8 Å². The van der Waals surface area contributed by atoms with Gasteiger partial charge in [0.05, 0.1) is 19.1 Å². The maximum Gasteiger partial charge on any atom is 0.416 e. The highest BCUT2D eigenvalue weighted by atomic mass is 32.1. The number of carboxylic acids is 1. The van der Waals surface area contributed by atoms with Gasteiger partial charge < -0.3 is 20.3 Å². The maximum absolute atomic E-state index is 13.4. The normalized spacial score (nSPS) is 13.4. The van der Waals surface area contributed by atoms with Crippen LogP contribution in [0.2, 0.25) is 0 Å². The molecule has 0 aliphatic heterocycles. The van der Waals surface area contributed by atoms with Gasteiger partial charge in [0.25, 0.3) is 0 Å². The standard InChI is InChI=1S/C23H28N2O7S/c1-3-4-12-31-21(29)23(2,20(28)17(24)14-19(26)27)25(18-11-8-13-33-18)22(30)32-15-16-9-6-5-7-10-16/h5-11,13,17H,3-4,12,14-15,24H2,1-2H3,(H,26,27)/t17-,23+/m0/s1. The predicted molar refractivity (Wildman–Crippen MR) is 123 cm³/mol. The van der Waals surface area contributed by atoms with Crippen molar-refractivity contribution in [3.63, 3.8) is 0 Å². The summed E-state index contributed by atoms with van der Waals surface area (Å²) in [6, 6.07) is 10.5. The molecule has 0 aliphatic carbocycles. The number of unbranched alkanes of at least 4 members (excludes halogenated alkanes) is 1. The van der Waals surface area contributed by atoms with Gasteiger partial charge in [-0.3, -0.25) is 9.59 Å². The molecule has 1 heterocycles. The SMILES string of the molecule is CCCCOC(=O)[C@@](C)(C(=O)[C@@H](N)CC(=O)O)N(C(=O)OCc1ccccc1)c1cccs1. The van der Waals surface area contributed by atoms with Crippen LogP contribution >= 0.6 is 11.3 Å². The largest absolute Gasteiger partial charge is 0.481 e. The summed E-state index contributed by atoms with van der Waals surface area (Å²) in [4.78, 5) is 51.9. The fourth-order valence-corrected chi connectivity index (χ4v) is 3.88. The van der Waals surface area contributed by atoms with Crippen LogP contribution in [0.4, 0.5) is 9.80 Å². The number of anilines is 1. The lowest BCUT2D eigenvalue weighted by Gasteiger charge is -2.37. The zero-order valence-electron chi connectivity index (χ0n) is 18.6. The zero-order valence-corrected chi connectivity index (χ0v) is 19.4. The minimum absolute atomic E-state index is 0.0315. The summed E-state index contributed by atoms with van der Waals surface area (Å²) in [5.41, 5.74) is 4.31. The van der Waals surface area contributed by atoms with E-state index in [4.69, 9.17) is 20.3 Å². The van der Waals surface area contributed by atoms with Gasteiger partial charge in [-0.1, -0.05) is 43.7 Å². The molecule has 0 spiro atoms. The highest BCUT2D eigenvalue weighted by molar-refractivity contribution is 7.14. The Morgan fingerprint density at radius 3 is 2.39 bits per heavy atom. The smallest absolute Gasteiger partial charge is 0.416 e. The van der Waals surface area contributed by atoms with E-state index in [-0.39, 0.29) is 18.2 Å². The third kappa shape index (κ3) is 6.62. The average molecular weight is 477 g/mol. The van der Waals surface area contributed by atoms with Crippen LogP contribution in [0.5, 0.6) is 0 Å². The molecule has 0 bridgehead atoms. The fraction of sp³-hybridized carbons (Fsp3) is 0.391. The first kappa shape index (κ1) is 26.0. The molecular weight excluding hydrogens is 448 g/mol. The number of hydrogen-bond donors (Lipinski definition) is 2. The molecule has 1 aromatic heterocycles. The predicted octanol–water partition coefficient (Wildman–Crippen LogP) is 3.36. The Bertz CT molecular complexity index is 949. The molecule has 2 aromatic rings. The van der Waals surface area contributed by atoms with E-state index in [1.807, 2.05) is 13.0 Å². The van der Waals surface area contributed by atoms with Crippen LogP contribution in [-0.4, -0.2) is 47.1 Å². The van der Waals surface area contributed by atoms with Gasteiger partial charge in [0.15, 0.2) is 5.78 Å². The van der Waals surface area contributed by atoms with E-state index in [0.29, 0.717) is 12.0 Å². The highest BCUT2D eigenvalue weighted by Crippen LogP contribution is 2.32. The number of benzene rings is 1. The quantitative estimate of drug-likeness (QED) is 0.270. The van der Waals surface area contributed by atoms with Crippen LogP contribution in [0.15, 0.2) is 47.8 Å². The van der Waals surface area contributed by atoms with E-state index >= 15 is 0 Å². The summed E-state index contributed by atoms with van der Waals surface area (Å²) in [5, 5.41) is 11.0. The second-order valence-electron chi connectivity index (χ2n) is 7.46. The van der Waals surface area contributed by atoms with Crippen LogP contribution < -0.4 is 10.6 Å². The van der Waals surface area contributed by atoms with Gasteiger partial charge in [0, 0.05) is 0 Å². The maximum atomic E-state index is 13.4. The summed E-state index contributed by atoms with van der Waals surface area (Å²) < 4.78 is 10.7. The van der Waals surface area contributed by atoms with Crippen LogP contribution in [0.3, 0.4) is 0 Å². The van der Waals surface area contributed by atoms with Crippen molar-refractivity contribution in [2.45, 2.75) is 51.3 Å². The number of aliphatic carboxylic acids is 1. The Hall–Kier alpha value is -3.24. The van der Waals surface area contributed by atoms with Gasteiger partial charge >= 0.3 is 18.0 Å². The van der Waals surface area contributed by atoms with Crippen LogP contribution in [0.25, 0.3) is 0 Å². The van der Waals surface area contributed by atoms with Gasteiger partial charge in [0.2, 0.25) is 5.54 Å². The van der Waals surface area contributed by atoms with Crippen molar-refractivity contribution in [2.75, 3.05) is 11.5 Å². The molecular formula is C23H28N2O7S. The van der Waals surface area contributed by atoms with Crippen molar-refractivity contribution in [1.82, 2.24) is 0 Å². The van der Waals surface area contributed by atoms with Crippen molar-refractivity contribution in [2.24, 2.45) is 5.73 Å². The van der Waals surface area contributed by atoms with E-state index in [0.717, 1.165) is 22.7 Å². The molecule has 0 radical (unpaired) electrons. The number of esters is 1. The van der Waals surface area contributed by atoms with Gasteiger partial charge in [0.1, 0.15) is 11.6 Å². The van der Waals surface area contributed by atoms with Crippen molar-refractivity contribution in [1.29, 1.82) is 0 Å². The molecule has 1 amide bonds. The summed E-state index contributed by atoms with van der Waals surface area (Å²) in [5.74, 6) is -3.28. The van der Waals surface area contributed by atoms with E-state index in [1.54, 1.807) is 41.8 Å². The number of carboxylic acid groups (broad SMARTS) is 1. The zero-order chi connectivity index (χ0) is 24.4. The second-order valence-corrected chi connectivity index (χ2v) is 8.38. The average Bonchev–Trinajstić information content (AvgIpc) is 3.31. The summed E-state index contributed by atoms with van der Waals surface area (Å²) >= 11 is 1.10. The number of ketones is 1. The molecule has 1 aromatic carbocycles. The fourth-order valence-electron chi connectivity index (χ4n) is 3.07. The Morgan fingerprint density at radius 1 is 1.12 bits per heavy atom. The number of carbonyl (C=O) groups is 4. The lowest BCUT2D eigenvalue weighted by Crippen LogP contribution is -2.65. The molecule has 33 heavy (non-hydrogen) atoms. The summed E-state index contributed by atoms with van der Waals surface area (Å²) in [7, 11) is 0. The van der Waals surface area contributed by atoms with Gasteiger partial charge in [-0.25, -0.2) is 14.5 Å². The van der Waals surface area contributed by atoms with E-state index in [1.165, 1.54) is 6.92 Å². The Morgan fingerprint density at radius 2 is 1.82 bits per heavy atom. The first-order valence-corrected chi connectivity index (χ1v) is 11.3. The molecule has 178 valence electrons. The molecule has 0 fully saturated rings. The molecule has 0 saturated carbocycles. The third-order valence-electron chi connectivity index (χ3n) is 4.90. The molecule has 2 rings (SSSR count). The topological polar surface area (TPSA) is 136 Å². The third-order valence-corrected chi connectivity index (χ3v) is 5.75.